The molecule has 0 heterocycles. The van der Waals surface area contributed by atoms with Crippen LogP contribution in [0.1, 0.15) is 16.7 Å². The lowest BCUT2D eigenvalue weighted by atomic mass is 10.1. The monoisotopic (exact) mass is 496 g/mol. The standard InChI is InChI=1S/C27H37N4O3P/c1-21-23(20-32-28-35(29(3)4,30(5)6)31(7)8)14-12-17-25(21)34-27-19-13-18-26(22(27)2)33-24-15-10-9-11-16-24/h9-19H,20H2,1-8H3. The van der Waals surface area contributed by atoms with E-state index in [-0.39, 0.29) is 0 Å². The molecule has 0 amide bonds. The van der Waals surface area contributed by atoms with Crippen molar-refractivity contribution in [2.75, 3.05) is 42.3 Å². The van der Waals surface area contributed by atoms with Gasteiger partial charge < -0.3 is 9.47 Å². The zero-order valence-corrected chi connectivity index (χ0v) is 22.9. The molecule has 0 saturated carbocycles. The summed E-state index contributed by atoms with van der Waals surface area (Å²) < 4.78 is 18.8. The maximum atomic E-state index is 6.34. The third-order valence-electron chi connectivity index (χ3n) is 5.82. The van der Waals surface area contributed by atoms with Crippen molar-refractivity contribution in [3.63, 3.8) is 0 Å². The SMILES string of the molecule is Cc1c(CON=P(N(C)C)(N(C)C)N(C)C)cccc1Oc1cccc(Oc2ccccc2)c1C. The van der Waals surface area contributed by atoms with Gasteiger partial charge in [0.2, 0.25) is 0 Å². The smallest absolute Gasteiger partial charge is 0.197 e. The molecule has 0 N–H and O–H groups in total. The Morgan fingerprint density at radius 2 is 1.14 bits per heavy atom. The lowest BCUT2D eigenvalue weighted by Gasteiger charge is -2.39. The van der Waals surface area contributed by atoms with E-state index in [0.717, 1.165) is 39.7 Å². The highest BCUT2D eigenvalue weighted by atomic mass is 31.2. The first-order valence-corrected chi connectivity index (χ1v) is 13.1. The lowest BCUT2D eigenvalue weighted by Crippen LogP contribution is -2.30. The van der Waals surface area contributed by atoms with E-state index < -0.39 is 7.51 Å². The summed E-state index contributed by atoms with van der Waals surface area (Å²) >= 11 is 0. The number of para-hydroxylation sites is 1. The minimum absolute atomic E-state index is 0.358. The molecular weight excluding hydrogens is 459 g/mol. The van der Waals surface area contributed by atoms with E-state index in [1.807, 2.05) is 123 Å². The normalized spacial score (nSPS) is 11.9. The van der Waals surface area contributed by atoms with Gasteiger partial charge in [0.05, 0.1) is 0 Å². The van der Waals surface area contributed by atoms with Crippen molar-refractivity contribution >= 4 is 7.51 Å². The zero-order chi connectivity index (χ0) is 25.6. The maximum absolute atomic E-state index is 6.34. The fourth-order valence-corrected chi connectivity index (χ4v) is 6.74. The summed E-state index contributed by atoms with van der Waals surface area (Å²) in [6.45, 7) is 4.40. The molecule has 0 aromatic heterocycles. The molecule has 0 aliphatic carbocycles. The maximum Gasteiger partial charge on any atom is 0.197 e. The number of benzene rings is 3. The van der Waals surface area contributed by atoms with Crippen LogP contribution in [0.3, 0.4) is 0 Å². The summed E-state index contributed by atoms with van der Waals surface area (Å²) in [5, 5.41) is 0. The largest absolute Gasteiger partial charge is 0.457 e. The molecule has 8 heteroatoms. The molecule has 0 fully saturated rings. The molecular formula is C27H37N4O3P. The van der Waals surface area contributed by atoms with E-state index in [9.17, 15) is 0 Å². The van der Waals surface area contributed by atoms with E-state index in [0.29, 0.717) is 6.61 Å². The van der Waals surface area contributed by atoms with E-state index in [4.69, 9.17) is 19.2 Å². The predicted octanol–water partition coefficient (Wildman–Crippen LogP) is 6.95. The molecule has 7 nitrogen and oxygen atoms in total. The van der Waals surface area contributed by atoms with Crippen LogP contribution in [0.4, 0.5) is 0 Å². The van der Waals surface area contributed by atoms with Crippen LogP contribution in [-0.2, 0) is 11.4 Å². The summed E-state index contributed by atoms with van der Waals surface area (Å²) in [7, 11) is 10.0. The Kier molecular flexibility index (Phi) is 9.11. The number of hydrogen-bond donors (Lipinski definition) is 0. The molecule has 35 heavy (non-hydrogen) atoms. The number of hydrogen-bond acceptors (Lipinski definition) is 4. The van der Waals surface area contributed by atoms with Gasteiger partial charge in [0, 0.05) is 5.56 Å². The molecule has 0 unspecified atom stereocenters. The molecule has 3 aromatic carbocycles. The minimum atomic E-state index is -2.11. The Balaban J connectivity index is 1.81. The fraction of sp³-hybridized carbons (Fsp3) is 0.333. The highest BCUT2D eigenvalue weighted by Crippen LogP contribution is 2.54. The van der Waals surface area contributed by atoms with Gasteiger partial charge in [-0.3, -0.25) is 14.0 Å². The molecule has 0 aliphatic rings. The molecule has 0 spiro atoms. The highest BCUT2D eigenvalue weighted by Gasteiger charge is 2.29. The zero-order valence-electron chi connectivity index (χ0n) is 22.0. The molecule has 3 rings (SSSR count). The molecule has 188 valence electrons. The van der Waals surface area contributed by atoms with Gasteiger partial charge in [-0.25, -0.2) is 4.84 Å². The van der Waals surface area contributed by atoms with Crippen molar-refractivity contribution in [2.24, 2.45) is 4.91 Å². The van der Waals surface area contributed by atoms with Crippen LogP contribution in [0.25, 0.3) is 0 Å². The van der Waals surface area contributed by atoms with Crippen molar-refractivity contribution in [1.82, 2.24) is 14.0 Å². The van der Waals surface area contributed by atoms with Crippen LogP contribution in [-0.4, -0.2) is 56.3 Å². The van der Waals surface area contributed by atoms with E-state index in [1.165, 1.54) is 0 Å². The van der Waals surface area contributed by atoms with Crippen molar-refractivity contribution < 1.29 is 14.3 Å². The second-order valence-electron chi connectivity index (χ2n) is 8.87. The minimum Gasteiger partial charge on any atom is -0.457 e. The number of nitrogens with zero attached hydrogens (tertiary/aromatic N) is 4. The topological polar surface area (TPSA) is 49.8 Å². The van der Waals surface area contributed by atoms with Gasteiger partial charge >= 0.3 is 0 Å². The van der Waals surface area contributed by atoms with E-state index >= 15 is 0 Å². The van der Waals surface area contributed by atoms with Crippen LogP contribution in [0, 0.1) is 13.8 Å². The molecule has 0 aliphatic heterocycles. The average Bonchev–Trinajstić information content (AvgIpc) is 2.81. The number of rotatable bonds is 10. The van der Waals surface area contributed by atoms with Crippen molar-refractivity contribution in [3.8, 4) is 23.0 Å². The quantitative estimate of drug-likeness (QED) is 0.224. The first-order chi connectivity index (χ1) is 16.7. The van der Waals surface area contributed by atoms with Crippen LogP contribution in [0.5, 0.6) is 23.0 Å². The van der Waals surface area contributed by atoms with Crippen LogP contribution in [0.2, 0.25) is 0 Å². The third kappa shape index (κ3) is 6.13. The van der Waals surface area contributed by atoms with E-state index in [2.05, 4.69) is 14.0 Å². The Labute approximate surface area is 210 Å². The Morgan fingerprint density at radius 3 is 1.71 bits per heavy atom. The Bertz CT molecular complexity index is 1150. The summed E-state index contributed by atoms with van der Waals surface area (Å²) in [6.07, 6.45) is 0. The van der Waals surface area contributed by atoms with Gasteiger partial charge in [-0.2, -0.15) is 0 Å². The van der Waals surface area contributed by atoms with E-state index in [1.54, 1.807) is 0 Å². The highest BCUT2D eigenvalue weighted by molar-refractivity contribution is 7.58. The van der Waals surface area contributed by atoms with Crippen molar-refractivity contribution in [3.05, 3.63) is 83.4 Å². The van der Waals surface area contributed by atoms with Gasteiger partial charge in [0.1, 0.15) is 29.6 Å². The average molecular weight is 497 g/mol. The summed E-state index contributed by atoms with van der Waals surface area (Å²) in [6, 6.07) is 21.6. The summed E-state index contributed by atoms with van der Waals surface area (Å²) in [4.78, 5) is 10.6. The predicted molar refractivity (Wildman–Crippen MR) is 144 cm³/mol. The van der Waals surface area contributed by atoms with Gasteiger partial charge in [-0.05, 0) is 97.6 Å². The number of ether oxygens (including phenoxy) is 2. The molecule has 0 atom stereocenters. The lowest BCUT2D eigenvalue weighted by molar-refractivity contribution is 0.127. The van der Waals surface area contributed by atoms with Crippen LogP contribution in [0.15, 0.2) is 71.6 Å². The second-order valence-corrected chi connectivity index (χ2v) is 12.5. The molecule has 0 radical (unpaired) electrons. The van der Waals surface area contributed by atoms with Gasteiger partial charge in [-0.15, -0.1) is 4.91 Å². The Morgan fingerprint density at radius 1 is 0.629 bits per heavy atom. The first kappa shape index (κ1) is 26.9. The molecule has 0 bridgehead atoms. The summed E-state index contributed by atoms with van der Waals surface area (Å²) in [5.74, 6) is 3.09. The molecule has 3 aromatic rings. The summed E-state index contributed by atoms with van der Waals surface area (Å²) in [5.41, 5.74) is 2.97. The van der Waals surface area contributed by atoms with Gasteiger partial charge in [0.25, 0.3) is 0 Å². The van der Waals surface area contributed by atoms with Crippen LogP contribution >= 0.6 is 7.51 Å². The fourth-order valence-electron chi connectivity index (χ4n) is 3.94. The third-order valence-corrected chi connectivity index (χ3v) is 9.37. The van der Waals surface area contributed by atoms with Crippen LogP contribution < -0.4 is 9.47 Å². The van der Waals surface area contributed by atoms with Gasteiger partial charge in [-0.1, -0.05) is 36.4 Å². The molecule has 0 saturated heterocycles. The van der Waals surface area contributed by atoms with Crippen molar-refractivity contribution in [2.45, 2.75) is 20.5 Å². The first-order valence-electron chi connectivity index (χ1n) is 11.5. The van der Waals surface area contributed by atoms with Gasteiger partial charge in [0.15, 0.2) is 7.51 Å². The van der Waals surface area contributed by atoms with Crippen molar-refractivity contribution in [1.29, 1.82) is 0 Å². The Hall–Kier alpha value is -2.67. The second kappa shape index (κ2) is 11.8.